The Kier molecular flexibility index (Phi) is 5.11. The largest absolute Gasteiger partial charge is 0.476 e. The fourth-order valence-electron chi connectivity index (χ4n) is 2.00. The van der Waals surface area contributed by atoms with Crippen LogP contribution in [0.15, 0.2) is 48.8 Å². The SMILES string of the molecule is CC(C)(Oc1ccc(Cl)cc1)C(=O)OC1OC1OC(=O)c1cccnc1. The molecule has 0 amide bonds. The van der Waals surface area contributed by atoms with Gasteiger partial charge in [-0.15, -0.1) is 0 Å². The first-order chi connectivity index (χ1) is 12.3. The third-order valence-corrected chi connectivity index (χ3v) is 3.69. The fourth-order valence-corrected chi connectivity index (χ4v) is 2.12. The smallest absolute Gasteiger partial charge is 0.352 e. The second-order valence-electron chi connectivity index (χ2n) is 5.99. The summed E-state index contributed by atoms with van der Waals surface area (Å²) in [5.74, 6) is -0.802. The van der Waals surface area contributed by atoms with Crippen LogP contribution < -0.4 is 4.74 Å². The van der Waals surface area contributed by atoms with Gasteiger partial charge in [-0.2, -0.15) is 0 Å². The number of pyridine rings is 1. The van der Waals surface area contributed by atoms with Crippen molar-refractivity contribution in [3.05, 3.63) is 59.4 Å². The molecule has 26 heavy (non-hydrogen) atoms. The highest BCUT2D eigenvalue weighted by atomic mass is 35.5. The molecule has 1 saturated heterocycles. The minimum Gasteiger partial charge on any atom is -0.476 e. The predicted octanol–water partition coefficient (Wildman–Crippen LogP) is 2.98. The molecule has 0 spiro atoms. The van der Waals surface area contributed by atoms with Crippen LogP contribution in [0.25, 0.3) is 0 Å². The topological polar surface area (TPSA) is 87.3 Å². The summed E-state index contributed by atoms with van der Waals surface area (Å²) in [7, 11) is 0. The summed E-state index contributed by atoms with van der Waals surface area (Å²) in [6, 6.07) is 9.75. The Bertz CT molecular complexity index is 793. The average Bonchev–Trinajstić information content (AvgIpc) is 3.34. The van der Waals surface area contributed by atoms with E-state index in [4.69, 9.17) is 30.5 Å². The van der Waals surface area contributed by atoms with Gasteiger partial charge in [0.05, 0.1) is 5.56 Å². The average molecular weight is 378 g/mol. The third-order valence-electron chi connectivity index (χ3n) is 3.44. The zero-order valence-corrected chi connectivity index (χ0v) is 14.8. The molecule has 2 aromatic rings. The van der Waals surface area contributed by atoms with Crippen molar-refractivity contribution in [2.45, 2.75) is 32.0 Å². The number of hydrogen-bond acceptors (Lipinski definition) is 7. The van der Waals surface area contributed by atoms with E-state index in [0.29, 0.717) is 10.8 Å². The van der Waals surface area contributed by atoms with E-state index >= 15 is 0 Å². The summed E-state index contributed by atoms with van der Waals surface area (Å²) >= 11 is 5.82. The lowest BCUT2D eigenvalue weighted by Crippen LogP contribution is -2.40. The molecule has 1 aliphatic heterocycles. The number of esters is 2. The van der Waals surface area contributed by atoms with Crippen LogP contribution in [-0.4, -0.2) is 35.1 Å². The molecular weight excluding hydrogens is 362 g/mol. The summed E-state index contributed by atoms with van der Waals surface area (Å²) in [6.07, 6.45) is 1.00. The van der Waals surface area contributed by atoms with Crippen LogP contribution in [0.2, 0.25) is 5.02 Å². The molecule has 0 radical (unpaired) electrons. The zero-order chi connectivity index (χ0) is 18.7. The Morgan fingerprint density at radius 3 is 2.46 bits per heavy atom. The summed E-state index contributed by atoms with van der Waals surface area (Å²) in [6.45, 7) is 3.12. The normalized spacial score (nSPS) is 18.7. The monoisotopic (exact) mass is 377 g/mol. The lowest BCUT2D eigenvalue weighted by Gasteiger charge is -2.23. The molecule has 8 heteroatoms. The van der Waals surface area contributed by atoms with E-state index in [9.17, 15) is 9.59 Å². The van der Waals surface area contributed by atoms with Crippen molar-refractivity contribution in [2.24, 2.45) is 0 Å². The van der Waals surface area contributed by atoms with Crippen LogP contribution >= 0.6 is 11.6 Å². The van der Waals surface area contributed by atoms with Gasteiger partial charge in [0.2, 0.25) is 0 Å². The van der Waals surface area contributed by atoms with Crippen LogP contribution in [0, 0.1) is 0 Å². The van der Waals surface area contributed by atoms with Gasteiger partial charge >= 0.3 is 11.9 Å². The van der Waals surface area contributed by atoms with Crippen molar-refractivity contribution in [2.75, 3.05) is 0 Å². The lowest BCUT2D eigenvalue weighted by atomic mass is 10.1. The number of nitrogens with zero attached hydrogens (tertiary/aromatic N) is 1. The highest BCUT2D eigenvalue weighted by Crippen LogP contribution is 2.29. The molecule has 0 bridgehead atoms. The van der Waals surface area contributed by atoms with Gasteiger partial charge in [0.15, 0.2) is 5.60 Å². The van der Waals surface area contributed by atoms with Gasteiger partial charge in [0, 0.05) is 17.4 Å². The number of carbonyl (C=O) groups is 2. The van der Waals surface area contributed by atoms with Crippen LogP contribution in [0.3, 0.4) is 0 Å². The van der Waals surface area contributed by atoms with E-state index in [1.54, 1.807) is 50.2 Å². The Balaban J connectivity index is 1.50. The molecule has 1 aromatic heterocycles. The van der Waals surface area contributed by atoms with Crippen molar-refractivity contribution in [3.8, 4) is 5.75 Å². The van der Waals surface area contributed by atoms with Crippen LogP contribution in [0.5, 0.6) is 5.75 Å². The number of rotatable bonds is 6. The Morgan fingerprint density at radius 2 is 1.81 bits per heavy atom. The van der Waals surface area contributed by atoms with Crippen molar-refractivity contribution < 1.29 is 28.5 Å². The van der Waals surface area contributed by atoms with Crippen molar-refractivity contribution >= 4 is 23.5 Å². The number of benzene rings is 1. The molecular formula is C18H16ClNO6. The standard InChI is InChI=1S/C18H16ClNO6/c1-18(2,26-13-7-5-12(19)6-8-13)17(22)25-16-15(24-16)23-14(21)11-4-3-9-20-10-11/h3-10,15-16H,1-2H3. The number of ether oxygens (including phenoxy) is 4. The number of halogens is 1. The molecule has 136 valence electrons. The maximum atomic E-state index is 12.3. The first kappa shape index (κ1) is 18.2. The van der Waals surface area contributed by atoms with Crippen molar-refractivity contribution in [1.82, 2.24) is 4.98 Å². The van der Waals surface area contributed by atoms with E-state index in [2.05, 4.69) is 4.98 Å². The van der Waals surface area contributed by atoms with Gasteiger partial charge < -0.3 is 14.2 Å². The van der Waals surface area contributed by atoms with Gasteiger partial charge in [0.1, 0.15) is 5.75 Å². The van der Waals surface area contributed by atoms with E-state index in [-0.39, 0.29) is 5.56 Å². The van der Waals surface area contributed by atoms with Crippen molar-refractivity contribution in [1.29, 1.82) is 0 Å². The van der Waals surface area contributed by atoms with Gasteiger partial charge in [-0.3, -0.25) is 9.72 Å². The zero-order valence-electron chi connectivity index (χ0n) is 14.0. The van der Waals surface area contributed by atoms with E-state index in [1.807, 2.05) is 0 Å². The molecule has 0 N–H and O–H groups in total. The maximum absolute atomic E-state index is 12.3. The first-order valence-corrected chi connectivity index (χ1v) is 8.15. The molecule has 2 atom stereocenters. The van der Waals surface area contributed by atoms with Crippen LogP contribution in [0.1, 0.15) is 24.2 Å². The van der Waals surface area contributed by atoms with Gasteiger partial charge in [-0.05, 0) is 50.2 Å². The molecule has 2 unspecified atom stereocenters. The van der Waals surface area contributed by atoms with E-state index in [0.717, 1.165) is 0 Å². The lowest BCUT2D eigenvalue weighted by molar-refractivity contribution is -0.164. The number of carbonyl (C=O) groups excluding carboxylic acids is 2. The van der Waals surface area contributed by atoms with E-state index < -0.39 is 30.1 Å². The Labute approximate surface area is 154 Å². The van der Waals surface area contributed by atoms with Gasteiger partial charge in [0.25, 0.3) is 12.6 Å². The highest BCUT2D eigenvalue weighted by molar-refractivity contribution is 6.30. The van der Waals surface area contributed by atoms with Crippen LogP contribution in [0.4, 0.5) is 0 Å². The maximum Gasteiger partial charge on any atom is 0.352 e. The van der Waals surface area contributed by atoms with Gasteiger partial charge in [-0.25, -0.2) is 9.59 Å². The quantitative estimate of drug-likeness (QED) is 0.564. The minimum atomic E-state index is -1.27. The molecule has 1 fully saturated rings. The minimum absolute atomic E-state index is 0.277. The molecule has 1 aliphatic rings. The summed E-state index contributed by atoms with van der Waals surface area (Å²) in [4.78, 5) is 28.0. The number of hydrogen-bond donors (Lipinski definition) is 0. The molecule has 1 aromatic carbocycles. The second-order valence-corrected chi connectivity index (χ2v) is 6.43. The predicted molar refractivity (Wildman–Crippen MR) is 90.6 cm³/mol. The summed E-state index contributed by atoms with van der Waals surface area (Å²) in [5, 5.41) is 0.558. The van der Waals surface area contributed by atoms with E-state index in [1.165, 1.54) is 12.4 Å². The second kappa shape index (κ2) is 7.31. The fraction of sp³-hybridized carbons (Fsp3) is 0.278. The molecule has 0 saturated carbocycles. The summed E-state index contributed by atoms with van der Waals surface area (Å²) in [5.41, 5.74) is -0.989. The number of epoxide rings is 1. The third kappa shape index (κ3) is 4.50. The first-order valence-electron chi connectivity index (χ1n) is 7.77. The molecule has 2 heterocycles. The molecule has 3 rings (SSSR count). The summed E-state index contributed by atoms with van der Waals surface area (Å²) < 4.78 is 20.9. The highest BCUT2D eigenvalue weighted by Gasteiger charge is 2.49. The Hall–Kier alpha value is -2.64. The number of aromatic nitrogens is 1. The van der Waals surface area contributed by atoms with Crippen molar-refractivity contribution in [3.63, 3.8) is 0 Å². The molecule has 0 aliphatic carbocycles. The molecule has 7 nitrogen and oxygen atoms in total. The van der Waals surface area contributed by atoms with Crippen LogP contribution in [-0.2, 0) is 19.0 Å². The Morgan fingerprint density at radius 1 is 1.12 bits per heavy atom. The van der Waals surface area contributed by atoms with Gasteiger partial charge in [-0.1, -0.05) is 11.6 Å².